The topological polar surface area (TPSA) is 56.8 Å². The Bertz CT molecular complexity index is 854. The van der Waals surface area contributed by atoms with Gasteiger partial charge in [-0.3, -0.25) is 4.79 Å². The Labute approximate surface area is 202 Å². The number of hydrogen-bond donors (Lipinski definition) is 1. The number of carbonyl (C=O) groups is 1. The number of rotatable bonds is 5. The summed E-state index contributed by atoms with van der Waals surface area (Å²) in [6.07, 6.45) is 4.28. The van der Waals surface area contributed by atoms with E-state index in [2.05, 4.69) is 66.9 Å². The molecule has 1 saturated carbocycles. The van der Waals surface area contributed by atoms with Gasteiger partial charge < -0.3 is 19.1 Å². The summed E-state index contributed by atoms with van der Waals surface area (Å²) < 4.78 is 19.0. The van der Waals surface area contributed by atoms with E-state index < -0.39 is 15.4 Å². The van der Waals surface area contributed by atoms with Crippen LogP contribution < -0.4 is 10.8 Å². The highest BCUT2D eigenvalue weighted by molar-refractivity contribution is 6.74. The molecule has 184 valence electrons. The summed E-state index contributed by atoms with van der Waals surface area (Å²) in [6.45, 7) is 21.7. The fourth-order valence-electron chi connectivity index (χ4n) is 4.24. The number of hydrogen-bond acceptors (Lipinski definition) is 4. The third-order valence-corrected chi connectivity index (χ3v) is 12.9. The van der Waals surface area contributed by atoms with Crippen molar-refractivity contribution in [3.63, 3.8) is 0 Å². The first kappa shape index (κ1) is 26.5. The minimum absolute atomic E-state index is 0.00710. The van der Waals surface area contributed by atoms with E-state index in [1.165, 1.54) is 0 Å². The van der Waals surface area contributed by atoms with Gasteiger partial charge >= 0.3 is 7.12 Å². The molecule has 1 amide bonds. The smallest absolute Gasteiger partial charge is 0.414 e. The van der Waals surface area contributed by atoms with Crippen molar-refractivity contribution < 1.29 is 18.5 Å². The minimum atomic E-state index is -1.75. The summed E-state index contributed by atoms with van der Waals surface area (Å²) in [4.78, 5) is 12.9. The highest BCUT2D eigenvalue weighted by atomic mass is 28.4. The van der Waals surface area contributed by atoms with Gasteiger partial charge in [-0.2, -0.15) is 0 Å². The van der Waals surface area contributed by atoms with Crippen LogP contribution in [0.5, 0.6) is 0 Å². The molecular formula is C26H44BNO4Si. The molecule has 1 aromatic carbocycles. The Kier molecular flexibility index (Phi) is 7.33. The highest BCUT2D eigenvalue weighted by Crippen LogP contribution is 2.39. The van der Waals surface area contributed by atoms with E-state index in [9.17, 15) is 4.79 Å². The van der Waals surface area contributed by atoms with Crippen LogP contribution in [0.1, 0.15) is 90.1 Å². The first-order valence-electron chi connectivity index (χ1n) is 12.5. The number of benzene rings is 1. The van der Waals surface area contributed by atoms with Gasteiger partial charge in [0.25, 0.3) is 5.91 Å². The van der Waals surface area contributed by atoms with E-state index in [1.807, 2.05) is 25.1 Å². The molecule has 1 heterocycles. The Morgan fingerprint density at radius 3 is 2.09 bits per heavy atom. The van der Waals surface area contributed by atoms with Crippen molar-refractivity contribution in [1.29, 1.82) is 0 Å². The van der Waals surface area contributed by atoms with Crippen LogP contribution in [-0.4, -0.2) is 44.7 Å². The van der Waals surface area contributed by atoms with Crippen LogP contribution in [0.4, 0.5) is 0 Å². The highest BCUT2D eigenvalue weighted by Gasteiger charge is 2.52. The van der Waals surface area contributed by atoms with Gasteiger partial charge in [0.15, 0.2) is 8.32 Å². The molecule has 1 aliphatic carbocycles. The van der Waals surface area contributed by atoms with Crippen LogP contribution in [0, 0.1) is 6.92 Å². The van der Waals surface area contributed by atoms with E-state index >= 15 is 0 Å². The SMILES string of the molecule is Cc1cc(C(=O)N[C@H]2CC[C@H](O[Si](C)(C)C(C)(C)C)CC2)ccc1B1OC(C)(C)C(C)(C)O1. The molecule has 0 radical (unpaired) electrons. The van der Waals surface area contributed by atoms with Crippen molar-refractivity contribution in [2.75, 3.05) is 0 Å². The molecule has 7 heteroatoms. The van der Waals surface area contributed by atoms with Crippen LogP contribution in [0.15, 0.2) is 18.2 Å². The van der Waals surface area contributed by atoms with E-state index in [0.717, 1.165) is 36.7 Å². The normalized spacial score (nSPS) is 25.2. The number of aryl methyl sites for hydroxylation is 1. The zero-order chi connectivity index (χ0) is 24.8. The zero-order valence-electron chi connectivity index (χ0n) is 22.4. The zero-order valence-corrected chi connectivity index (χ0v) is 23.4. The predicted octanol–water partition coefficient (Wildman–Crippen LogP) is 5.36. The predicted molar refractivity (Wildman–Crippen MR) is 139 cm³/mol. The van der Waals surface area contributed by atoms with Crippen molar-refractivity contribution in [2.45, 2.75) is 123 Å². The second-order valence-corrected chi connectivity index (χ2v) is 17.2. The molecular weight excluding hydrogens is 429 g/mol. The van der Waals surface area contributed by atoms with E-state index in [-0.39, 0.29) is 28.2 Å². The minimum Gasteiger partial charge on any atom is -0.414 e. The third-order valence-electron chi connectivity index (χ3n) is 8.32. The first-order chi connectivity index (χ1) is 15.0. The molecule has 0 bridgehead atoms. The fraction of sp³-hybridized carbons (Fsp3) is 0.731. The van der Waals surface area contributed by atoms with Crippen molar-refractivity contribution in [1.82, 2.24) is 5.32 Å². The Balaban J connectivity index is 1.56. The Morgan fingerprint density at radius 1 is 1.06 bits per heavy atom. The summed E-state index contributed by atoms with van der Waals surface area (Å²) >= 11 is 0. The summed E-state index contributed by atoms with van der Waals surface area (Å²) in [5.41, 5.74) is 1.91. The van der Waals surface area contributed by atoms with Gasteiger partial charge in [0.1, 0.15) is 0 Å². The lowest BCUT2D eigenvalue weighted by molar-refractivity contribution is 0.00578. The van der Waals surface area contributed by atoms with E-state index in [4.69, 9.17) is 13.7 Å². The quantitative estimate of drug-likeness (QED) is 0.586. The van der Waals surface area contributed by atoms with Crippen LogP contribution in [-0.2, 0) is 13.7 Å². The Hall–Kier alpha value is -1.15. The molecule has 1 saturated heterocycles. The van der Waals surface area contributed by atoms with Crippen LogP contribution in [0.3, 0.4) is 0 Å². The molecule has 1 aromatic rings. The monoisotopic (exact) mass is 473 g/mol. The summed E-state index contributed by atoms with van der Waals surface area (Å²) in [5.74, 6) is -0.00710. The molecule has 5 nitrogen and oxygen atoms in total. The molecule has 0 spiro atoms. The molecule has 3 rings (SSSR count). The standard InChI is InChI=1S/C26H44BNO4Si/c1-18-17-19(11-16-22(18)27-31-25(5,6)26(7,8)32-27)23(29)28-20-12-14-21(15-13-20)30-33(9,10)24(2,3)4/h11,16-17,20-21H,12-15H2,1-10H3,(H,28,29)/t20-,21-. The fourth-order valence-corrected chi connectivity index (χ4v) is 5.66. The molecule has 33 heavy (non-hydrogen) atoms. The van der Waals surface area contributed by atoms with Gasteiger partial charge in [-0.05, 0) is 96.0 Å². The molecule has 0 atom stereocenters. The van der Waals surface area contributed by atoms with Gasteiger partial charge in [0, 0.05) is 17.7 Å². The number of nitrogens with one attached hydrogen (secondary N) is 1. The number of amides is 1. The number of carbonyl (C=O) groups excluding carboxylic acids is 1. The Morgan fingerprint density at radius 2 is 1.61 bits per heavy atom. The second-order valence-electron chi connectivity index (χ2n) is 12.5. The molecule has 2 fully saturated rings. The van der Waals surface area contributed by atoms with E-state index in [1.54, 1.807) is 0 Å². The molecule has 0 unspecified atom stereocenters. The van der Waals surface area contributed by atoms with E-state index in [0.29, 0.717) is 11.7 Å². The summed E-state index contributed by atoms with van der Waals surface area (Å²) in [7, 11) is -2.16. The lowest BCUT2D eigenvalue weighted by Crippen LogP contribution is -2.46. The summed E-state index contributed by atoms with van der Waals surface area (Å²) in [6, 6.07) is 6.01. The maximum atomic E-state index is 12.9. The lowest BCUT2D eigenvalue weighted by atomic mass is 9.76. The van der Waals surface area contributed by atoms with Crippen LogP contribution >= 0.6 is 0 Å². The molecule has 0 aromatic heterocycles. The van der Waals surface area contributed by atoms with Gasteiger partial charge in [-0.25, -0.2) is 0 Å². The van der Waals surface area contributed by atoms with Gasteiger partial charge in [0.05, 0.1) is 11.2 Å². The average molecular weight is 474 g/mol. The average Bonchev–Trinajstić information content (AvgIpc) is 2.89. The molecule has 1 N–H and O–H groups in total. The first-order valence-corrected chi connectivity index (χ1v) is 15.4. The van der Waals surface area contributed by atoms with Crippen molar-refractivity contribution in [3.05, 3.63) is 29.3 Å². The van der Waals surface area contributed by atoms with Crippen molar-refractivity contribution >= 4 is 26.8 Å². The maximum absolute atomic E-state index is 12.9. The van der Waals surface area contributed by atoms with Crippen LogP contribution in [0.2, 0.25) is 18.1 Å². The molecule has 1 aliphatic heterocycles. The van der Waals surface area contributed by atoms with Crippen molar-refractivity contribution in [3.8, 4) is 0 Å². The van der Waals surface area contributed by atoms with Crippen molar-refractivity contribution in [2.24, 2.45) is 0 Å². The second kappa shape index (κ2) is 9.14. The van der Waals surface area contributed by atoms with Gasteiger partial charge in [-0.1, -0.05) is 32.4 Å². The largest absolute Gasteiger partial charge is 0.495 e. The lowest BCUT2D eigenvalue weighted by Gasteiger charge is -2.41. The third kappa shape index (κ3) is 5.75. The summed E-state index contributed by atoms with van der Waals surface area (Å²) in [5, 5.41) is 3.47. The van der Waals surface area contributed by atoms with Gasteiger partial charge in [-0.15, -0.1) is 0 Å². The maximum Gasteiger partial charge on any atom is 0.495 e. The molecule has 2 aliphatic rings. The van der Waals surface area contributed by atoms with Gasteiger partial charge in [0.2, 0.25) is 0 Å². The van der Waals surface area contributed by atoms with Crippen LogP contribution in [0.25, 0.3) is 0 Å².